The summed E-state index contributed by atoms with van der Waals surface area (Å²) < 4.78 is 0. The van der Waals surface area contributed by atoms with E-state index in [2.05, 4.69) is 4.98 Å². The highest BCUT2D eigenvalue weighted by atomic mass is 32.2. The summed E-state index contributed by atoms with van der Waals surface area (Å²) in [4.78, 5) is 29.3. The Morgan fingerprint density at radius 1 is 1.50 bits per heavy atom. The van der Waals surface area contributed by atoms with Crippen LogP contribution in [0.4, 0.5) is 5.69 Å². The van der Waals surface area contributed by atoms with Crippen molar-refractivity contribution in [3.05, 3.63) is 18.3 Å². The molecular weight excluding hydrogens is 250 g/mol. The number of hydrogen-bond donors (Lipinski definition) is 1. The predicted octanol–water partition coefficient (Wildman–Crippen LogP) is 1.29. The molecule has 2 heterocycles. The molecule has 1 fully saturated rings. The van der Waals surface area contributed by atoms with Crippen molar-refractivity contribution >= 4 is 29.3 Å². The Morgan fingerprint density at radius 2 is 2.22 bits per heavy atom. The molecule has 96 valence electrons. The summed E-state index contributed by atoms with van der Waals surface area (Å²) in [5, 5.41) is 0.200. The van der Waals surface area contributed by atoms with Gasteiger partial charge in [-0.25, -0.2) is 4.98 Å². The van der Waals surface area contributed by atoms with Crippen molar-refractivity contribution in [3.63, 3.8) is 0 Å². The van der Waals surface area contributed by atoms with E-state index in [9.17, 15) is 9.59 Å². The zero-order chi connectivity index (χ0) is 13.3. The number of likely N-dealkylation sites (tertiary alicyclic amines) is 1. The second-order valence-electron chi connectivity index (χ2n) is 4.40. The number of pyridine rings is 1. The molecule has 6 heteroatoms. The first-order valence-electron chi connectivity index (χ1n) is 5.73. The lowest BCUT2D eigenvalue weighted by molar-refractivity contribution is -0.140. The van der Waals surface area contributed by atoms with E-state index < -0.39 is 5.25 Å². The molecule has 18 heavy (non-hydrogen) atoms. The third-order valence-electron chi connectivity index (χ3n) is 2.71. The van der Waals surface area contributed by atoms with Crippen LogP contribution in [0.3, 0.4) is 0 Å². The fraction of sp³-hybridized carbons (Fsp3) is 0.417. The lowest BCUT2D eigenvalue weighted by Crippen LogP contribution is -2.37. The summed E-state index contributed by atoms with van der Waals surface area (Å²) in [6.07, 6.45) is 1.85. The Bertz CT molecular complexity index is 490. The van der Waals surface area contributed by atoms with Gasteiger partial charge in [-0.3, -0.25) is 14.5 Å². The van der Waals surface area contributed by atoms with Crippen LogP contribution in [-0.4, -0.2) is 33.0 Å². The molecule has 1 atom stereocenters. The minimum atomic E-state index is -0.405. The monoisotopic (exact) mass is 265 g/mol. The van der Waals surface area contributed by atoms with E-state index in [0.717, 1.165) is 0 Å². The summed E-state index contributed by atoms with van der Waals surface area (Å²) >= 11 is 1.26. The minimum absolute atomic E-state index is 0.100. The minimum Gasteiger partial charge on any atom is -0.397 e. The van der Waals surface area contributed by atoms with Crippen molar-refractivity contribution in [2.24, 2.45) is 0 Å². The third kappa shape index (κ3) is 2.33. The summed E-state index contributed by atoms with van der Waals surface area (Å²) in [7, 11) is 0. The first-order chi connectivity index (χ1) is 8.50. The van der Waals surface area contributed by atoms with Crippen LogP contribution in [-0.2, 0) is 9.59 Å². The highest BCUT2D eigenvalue weighted by Crippen LogP contribution is 2.33. The van der Waals surface area contributed by atoms with Gasteiger partial charge in [0.2, 0.25) is 11.8 Å². The highest BCUT2D eigenvalue weighted by Gasteiger charge is 2.40. The number of thioether (sulfide) groups is 1. The summed E-state index contributed by atoms with van der Waals surface area (Å²) in [5.41, 5.74) is 6.31. The first-order valence-corrected chi connectivity index (χ1v) is 6.61. The van der Waals surface area contributed by atoms with Gasteiger partial charge < -0.3 is 5.73 Å². The predicted molar refractivity (Wildman–Crippen MR) is 69.9 cm³/mol. The highest BCUT2D eigenvalue weighted by molar-refractivity contribution is 8.00. The van der Waals surface area contributed by atoms with Gasteiger partial charge >= 0.3 is 0 Å². The van der Waals surface area contributed by atoms with Crippen LogP contribution >= 0.6 is 11.8 Å². The third-order valence-corrected chi connectivity index (χ3v) is 3.93. The average Bonchev–Trinajstić information content (AvgIpc) is 2.57. The van der Waals surface area contributed by atoms with Crippen molar-refractivity contribution in [1.82, 2.24) is 9.88 Å². The van der Waals surface area contributed by atoms with Gasteiger partial charge in [0.15, 0.2) is 0 Å². The average molecular weight is 265 g/mol. The molecule has 1 unspecified atom stereocenters. The van der Waals surface area contributed by atoms with E-state index in [1.165, 1.54) is 16.7 Å². The van der Waals surface area contributed by atoms with Crippen LogP contribution in [0.5, 0.6) is 0 Å². The lowest BCUT2D eigenvalue weighted by atomic mass is 10.3. The quantitative estimate of drug-likeness (QED) is 0.833. The van der Waals surface area contributed by atoms with Crippen LogP contribution in [0.2, 0.25) is 0 Å². The number of carbonyl (C=O) groups is 2. The van der Waals surface area contributed by atoms with Gasteiger partial charge in [0.25, 0.3) is 0 Å². The number of nitrogen functional groups attached to an aromatic ring is 1. The molecule has 0 aromatic carbocycles. The molecule has 0 aliphatic carbocycles. The molecule has 1 aliphatic rings. The Hall–Kier alpha value is -1.56. The Labute approximate surface area is 110 Å². The molecule has 1 aromatic rings. The summed E-state index contributed by atoms with van der Waals surface area (Å²) in [5.74, 6) is -0.271. The topological polar surface area (TPSA) is 76.3 Å². The fourth-order valence-electron chi connectivity index (χ4n) is 1.89. The van der Waals surface area contributed by atoms with Gasteiger partial charge in [0.1, 0.15) is 5.03 Å². The molecule has 1 aromatic heterocycles. The molecular formula is C12H15N3O2S. The number of hydrogen-bond acceptors (Lipinski definition) is 5. The van der Waals surface area contributed by atoms with E-state index in [-0.39, 0.29) is 24.3 Å². The van der Waals surface area contributed by atoms with E-state index in [1.54, 1.807) is 18.3 Å². The lowest BCUT2D eigenvalue weighted by Gasteiger charge is -2.18. The molecule has 2 N–H and O–H groups in total. The Kier molecular flexibility index (Phi) is 3.56. The largest absolute Gasteiger partial charge is 0.397 e. The van der Waals surface area contributed by atoms with Crippen molar-refractivity contribution in [2.45, 2.75) is 36.6 Å². The summed E-state index contributed by atoms with van der Waals surface area (Å²) in [6, 6.07) is 3.37. The number of aromatic nitrogens is 1. The molecule has 0 spiro atoms. The standard InChI is InChI=1S/C12H15N3O2S/c1-7(2)15-10(16)6-9(12(15)17)18-11-8(13)4-3-5-14-11/h3-5,7,9H,6,13H2,1-2H3. The van der Waals surface area contributed by atoms with Gasteiger partial charge in [0, 0.05) is 18.7 Å². The number of nitrogens with two attached hydrogens (primary N) is 1. The SMILES string of the molecule is CC(C)N1C(=O)CC(Sc2ncccc2N)C1=O. The van der Waals surface area contributed by atoms with Crippen LogP contribution in [0.15, 0.2) is 23.4 Å². The number of nitrogens with zero attached hydrogens (tertiary/aromatic N) is 2. The number of imide groups is 1. The second kappa shape index (κ2) is 4.97. The summed E-state index contributed by atoms with van der Waals surface area (Å²) in [6.45, 7) is 3.66. The Balaban J connectivity index is 2.15. The van der Waals surface area contributed by atoms with Crippen molar-refractivity contribution in [1.29, 1.82) is 0 Å². The molecule has 2 amide bonds. The maximum atomic E-state index is 12.1. The smallest absolute Gasteiger partial charge is 0.243 e. The van der Waals surface area contributed by atoms with E-state index in [1.807, 2.05) is 13.8 Å². The van der Waals surface area contributed by atoms with Gasteiger partial charge in [-0.15, -0.1) is 0 Å². The van der Waals surface area contributed by atoms with Crippen molar-refractivity contribution in [3.8, 4) is 0 Å². The zero-order valence-corrected chi connectivity index (χ0v) is 11.1. The second-order valence-corrected chi connectivity index (χ2v) is 5.60. The van der Waals surface area contributed by atoms with E-state index in [4.69, 9.17) is 5.73 Å². The van der Waals surface area contributed by atoms with Crippen molar-refractivity contribution in [2.75, 3.05) is 5.73 Å². The van der Waals surface area contributed by atoms with Gasteiger partial charge in [0.05, 0.1) is 10.9 Å². The van der Waals surface area contributed by atoms with Crippen LogP contribution < -0.4 is 5.73 Å². The number of carbonyl (C=O) groups excluding carboxylic acids is 2. The van der Waals surface area contributed by atoms with Crippen LogP contribution in [0.25, 0.3) is 0 Å². The molecule has 2 rings (SSSR count). The maximum Gasteiger partial charge on any atom is 0.243 e. The van der Waals surface area contributed by atoms with Gasteiger partial charge in [-0.2, -0.15) is 0 Å². The normalized spacial score (nSPS) is 19.9. The molecule has 0 bridgehead atoms. The van der Waals surface area contributed by atoms with E-state index in [0.29, 0.717) is 10.7 Å². The fourth-order valence-corrected chi connectivity index (χ4v) is 2.93. The van der Waals surface area contributed by atoms with E-state index >= 15 is 0 Å². The molecule has 1 saturated heterocycles. The maximum absolute atomic E-state index is 12.1. The molecule has 0 radical (unpaired) electrons. The molecule has 1 aliphatic heterocycles. The molecule has 5 nitrogen and oxygen atoms in total. The van der Waals surface area contributed by atoms with Crippen LogP contribution in [0.1, 0.15) is 20.3 Å². The number of rotatable bonds is 3. The van der Waals surface area contributed by atoms with Crippen molar-refractivity contribution < 1.29 is 9.59 Å². The van der Waals surface area contributed by atoms with Gasteiger partial charge in [-0.1, -0.05) is 11.8 Å². The first kappa shape index (κ1) is 12.9. The number of amides is 2. The Morgan fingerprint density at radius 3 is 2.78 bits per heavy atom. The van der Waals surface area contributed by atoms with Gasteiger partial charge in [-0.05, 0) is 26.0 Å². The zero-order valence-electron chi connectivity index (χ0n) is 10.3. The number of anilines is 1. The van der Waals surface area contributed by atoms with Crippen LogP contribution in [0, 0.1) is 0 Å². The molecule has 0 saturated carbocycles.